The van der Waals surface area contributed by atoms with Gasteiger partial charge in [-0.15, -0.1) is 0 Å². The van der Waals surface area contributed by atoms with Crippen LogP contribution in [0.25, 0.3) is 0 Å². The largest absolute Gasteiger partial charge is 0.445 e. The van der Waals surface area contributed by atoms with Crippen molar-refractivity contribution in [3.05, 3.63) is 34.9 Å². The zero-order valence-corrected chi connectivity index (χ0v) is 22.8. The van der Waals surface area contributed by atoms with Gasteiger partial charge in [0.1, 0.15) is 12.6 Å². The third-order valence-corrected chi connectivity index (χ3v) is 6.87. The molecule has 3 amide bonds. The van der Waals surface area contributed by atoms with Crippen molar-refractivity contribution in [3.63, 3.8) is 0 Å². The van der Waals surface area contributed by atoms with Crippen LogP contribution in [-0.2, 0) is 25.7 Å². The van der Waals surface area contributed by atoms with Gasteiger partial charge in [-0.2, -0.15) is 0 Å². The van der Waals surface area contributed by atoms with E-state index in [0.717, 1.165) is 31.2 Å². The summed E-state index contributed by atoms with van der Waals surface area (Å²) in [5.74, 6) is -0.152. The Morgan fingerprint density at radius 2 is 1.95 bits per heavy atom. The number of carbonyl (C=O) groups is 3. The minimum Gasteiger partial charge on any atom is -0.445 e. The van der Waals surface area contributed by atoms with Crippen LogP contribution < -0.4 is 10.6 Å². The van der Waals surface area contributed by atoms with Crippen LogP contribution in [0.5, 0.6) is 0 Å². The molecule has 1 fully saturated rings. The van der Waals surface area contributed by atoms with Crippen LogP contribution in [0.2, 0.25) is 5.02 Å². The standard InChI is InChI=1S/C27H42ClN3O6/c1-3-36-15-14-31(2)25(33)13-12-23(18-32)29-26(34)24(17-20-8-5-4-6-9-20)30-27(35)37-19-21-10-7-11-22(28)16-21/h7,10-11,16,20,23-24,32H,3-6,8-9,12-15,17-19H2,1-2H3,(H,29,34)(H,30,35)/t23-,24-/m0/s1. The number of alkyl carbamates (subject to hydrolysis) is 1. The molecule has 0 aliphatic heterocycles. The summed E-state index contributed by atoms with van der Waals surface area (Å²) < 4.78 is 10.6. The zero-order chi connectivity index (χ0) is 27.0. The first-order valence-electron chi connectivity index (χ1n) is 13.2. The number of halogens is 1. The maximum Gasteiger partial charge on any atom is 0.408 e. The molecule has 0 heterocycles. The van der Waals surface area contributed by atoms with Crippen molar-refractivity contribution >= 4 is 29.5 Å². The van der Waals surface area contributed by atoms with Gasteiger partial charge in [0.2, 0.25) is 11.8 Å². The van der Waals surface area contributed by atoms with Crippen LogP contribution in [0.15, 0.2) is 24.3 Å². The van der Waals surface area contributed by atoms with Gasteiger partial charge >= 0.3 is 6.09 Å². The van der Waals surface area contributed by atoms with E-state index >= 15 is 0 Å². The van der Waals surface area contributed by atoms with Crippen molar-refractivity contribution < 1.29 is 29.0 Å². The van der Waals surface area contributed by atoms with Crippen molar-refractivity contribution in [3.8, 4) is 0 Å². The number of carbonyl (C=O) groups excluding carboxylic acids is 3. The first kappa shape index (κ1) is 30.9. The highest BCUT2D eigenvalue weighted by Gasteiger charge is 2.28. The Bertz CT molecular complexity index is 849. The summed E-state index contributed by atoms with van der Waals surface area (Å²) in [5, 5.41) is 15.9. The van der Waals surface area contributed by atoms with E-state index in [0.29, 0.717) is 37.1 Å². The Morgan fingerprint density at radius 1 is 1.19 bits per heavy atom. The number of benzene rings is 1. The van der Waals surface area contributed by atoms with E-state index in [9.17, 15) is 19.5 Å². The Labute approximate surface area is 225 Å². The lowest BCUT2D eigenvalue weighted by Gasteiger charge is -2.28. The van der Waals surface area contributed by atoms with Crippen LogP contribution >= 0.6 is 11.6 Å². The number of likely N-dealkylation sites (N-methyl/N-ethyl adjacent to an activating group) is 1. The van der Waals surface area contributed by atoms with Gasteiger partial charge in [-0.25, -0.2) is 4.79 Å². The molecule has 0 spiro atoms. The van der Waals surface area contributed by atoms with Gasteiger partial charge in [-0.1, -0.05) is 55.8 Å². The van der Waals surface area contributed by atoms with Gasteiger partial charge in [0.05, 0.1) is 19.3 Å². The van der Waals surface area contributed by atoms with Gasteiger partial charge in [-0.05, 0) is 43.4 Å². The lowest BCUT2D eigenvalue weighted by Crippen LogP contribution is -2.51. The normalized spacial score (nSPS) is 15.5. The van der Waals surface area contributed by atoms with Gasteiger partial charge < -0.3 is 30.1 Å². The third-order valence-electron chi connectivity index (χ3n) is 6.64. The number of aliphatic hydroxyl groups excluding tert-OH is 1. The summed E-state index contributed by atoms with van der Waals surface area (Å²) in [5.41, 5.74) is 0.743. The highest BCUT2D eigenvalue weighted by molar-refractivity contribution is 6.30. The van der Waals surface area contributed by atoms with E-state index in [2.05, 4.69) is 10.6 Å². The molecule has 9 nitrogen and oxygen atoms in total. The van der Waals surface area contributed by atoms with Crippen molar-refractivity contribution in [2.45, 2.75) is 77.0 Å². The molecule has 1 aromatic carbocycles. The summed E-state index contributed by atoms with van der Waals surface area (Å²) in [7, 11) is 1.70. The van der Waals surface area contributed by atoms with Crippen molar-refractivity contribution in [1.29, 1.82) is 0 Å². The molecule has 1 aromatic rings. The molecule has 10 heteroatoms. The molecule has 0 aromatic heterocycles. The number of nitrogens with zero attached hydrogens (tertiary/aromatic N) is 1. The quantitative estimate of drug-likeness (QED) is 0.293. The Morgan fingerprint density at radius 3 is 2.62 bits per heavy atom. The average Bonchev–Trinajstić information content (AvgIpc) is 2.89. The predicted molar refractivity (Wildman–Crippen MR) is 142 cm³/mol. The molecule has 37 heavy (non-hydrogen) atoms. The molecule has 0 saturated heterocycles. The summed E-state index contributed by atoms with van der Waals surface area (Å²) in [6.45, 7) is 3.14. The van der Waals surface area contributed by atoms with Crippen LogP contribution in [0.4, 0.5) is 4.79 Å². The van der Waals surface area contributed by atoms with Gasteiger partial charge in [0.25, 0.3) is 0 Å². The van der Waals surface area contributed by atoms with Crippen LogP contribution in [0, 0.1) is 5.92 Å². The third kappa shape index (κ3) is 12.2. The second-order valence-corrected chi connectivity index (χ2v) is 10.0. The minimum absolute atomic E-state index is 0.0301. The highest BCUT2D eigenvalue weighted by atomic mass is 35.5. The maximum absolute atomic E-state index is 13.2. The number of rotatable bonds is 15. The lowest BCUT2D eigenvalue weighted by atomic mass is 9.84. The van der Waals surface area contributed by atoms with Gasteiger partial charge in [0, 0.05) is 31.6 Å². The number of aliphatic hydroxyl groups is 1. The molecule has 0 radical (unpaired) electrons. The molecule has 1 saturated carbocycles. The smallest absolute Gasteiger partial charge is 0.408 e. The van der Waals surface area contributed by atoms with E-state index in [1.165, 1.54) is 6.42 Å². The molecular weight excluding hydrogens is 498 g/mol. The molecule has 2 atom stereocenters. The number of amides is 3. The highest BCUT2D eigenvalue weighted by Crippen LogP contribution is 2.27. The maximum atomic E-state index is 13.2. The molecule has 1 aliphatic carbocycles. The van der Waals surface area contributed by atoms with E-state index in [1.807, 2.05) is 6.92 Å². The number of hydrogen-bond donors (Lipinski definition) is 3. The van der Waals surface area contributed by atoms with E-state index in [1.54, 1.807) is 36.2 Å². The average molecular weight is 540 g/mol. The summed E-state index contributed by atoms with van der Waals surface area (Å²) >= 11 is 5.99. The molecule has 0 bridgehead atoms. The Balaban J connectivity index is 1.92. The minimum atomic E-state index is -0.798. The first-order chi connectivity index (χ1) is 17.8. The summed E-state index contributed by atoms with van der Waals surface area (Å²) in [6, 6.07) is 5.62. The molecule has 208 valence electrons. The number of nitrogens with one attached hydrogen (secondary N) is 2. The van der Waals surface area contributed by atoms with Crippen molar-refractivity contribution in [2.24, 2.45) is 5.92 Å². The topological polar surface area (TPSA) is 117 Å². The molecular formula is C27H42ClN3O6. The monoisotopic (exact) mass is 539 g/mol. The van der Waals surface area contributed by atoms with Gasteiger partial charge in [0.15, 0.2) is 0 Å². The van der Waals surface area contributed by atoms with E-state index in [-0.39, 0.29) is 37.9 Å². The second-order valence-electron chi connectivity index (χ2n) is 9.58. The fourth-order valence-electron chi connectivity index (χ4n) is 4.42. The lowest BCUT2D eigenvalue weighted by molar-refractivity contribution is -0.131. The number of ether oxygens (including phenoxy) is 2. The fraction of sp³-hybridized carbons (Fsp3) is 0.667. The Hall–Kier alpha value is -2.36. The van der Waals surface area contributed by atoms with Crippen LogP contribution in [0.1, 0.15) is 63.9 Å². The Kier molecular flexibility index (Phi) is 14.4. The fourth-order valence-corrected chi connectivity index (χ4v) is 4.63. The number of hydrogen-bond acceptors (Lipinski definition) is 6. The zero-order valence-electron chi connectivity index (χ0n) is 22.0. The molecule has 1 aliphatic rings. The van der Waals surface area contributed by atoms with Crippen molar-refractivity contribution in [2.75, 3.05) is 33.4 Å². The summed E-state index contributed by atoms with van der Waals surface area (Å²) in [6.07, 6.45) is 5.68. The van der Waals surface area contributed by atoms with Crippen molar-refractivity contribution in [1.82, 2.24) is 15.5 Å². The first-order valence-corrected chi connectivity index (χ1v) is 13.6. The van der Waals surface area contributed by atoms with E-state index in [4.69, 9.17) is 21.1 Å². The predicted octanol–water partition coefficient (Wildman–Crippen LogP) is 3.66. The van der Waals surface area contributed by atoms with Gasteiger partial charge in [-0.3, -0.25) is 9.59 Å². The second kappa shape index (κ2) is 17.2. The van der Waals surface area contributed by atoms with Crippen LogP contribution in [0.3, 0.4) is 0 Å². The van der Waals surface area contributed by atoms with E-state index < -0.39 is 18.2 Å². The summed E-state index contributed by atoms with van der Waals surface area (Å²) in [4.78, 5) is 39.7. The van der Waals surface area contributed by atoms with Crippen LogP contribution in [-0.4, -0.2) is 73.4 Å². The molecule has 2 rings (SSSR count). The molecule has 3 N–H and O–H groups in total. The molecule has 0 unspecified atom stereocenters. The SMILES string of the molecule is CCOCCN(C)C(=O)CC[C@@H](CO)NC(=O)[C@H](CC1CCCCC1)NC(=O)OCc1cccc(Cl)c1.